The highest BCUT2D eigenvalue weighted by molar-refractivity contribution is 9.11. The van der Waals surface area contributed by atoms with E-state index in [1.807, 2.05) is 0 Å². The predicted molar refractivity (Wildman–Crippen MR) is 285 cm³/mol. The van der Waals surface area contributed by atoms with E-state index in [0.717, 1.165) is 24.7 Å². The molecule has 0 saturated heterocycles. The Hall–Kier alpha value is -3.08. The summed E-state index contributed by atoms with van der Waals surface area (Å²) in [5, 5.41) is 2.88. The van der Waals surface area contributed by atoms with Crippen molar-refractivity contribution in [1.82, 2.24) is 9.13 Å². The molecule has 4 heteroatoms. The molecule has 2 nitrogen and oxygen atoms in total. The minimum atomic E-state index is 0.803. The first-order valence-corrected chi connectivity index (χ1v) is 28.0. The molecule has 0 N–H and O–H groups in total. The molecule has 6 aromatic rings. The molecule has 0 saturated carbocycles. The quantitative estimate of drug-likeness (QED) is 0.0506. The molecule has 64 heavy (non-hydrogen) atoms. The number of nitrogens with zero attached hydrogens (tertiary/aromatic N) is 2. The van der Waals surface area contributed by atoms with E-state index in [9.17, 15) is 0 Å². The highest BCUT2D eigenvalue weighted by Crippen LogP contribution is 2.43. The minimum Gasteiger partial charge on any atom is -0.312 e. The van der Waals surface area contributed by atoms with Crippen LogP contribution >= 0.6 is 31.9 Å². The van der Waals surface area contributed by atoms with E-state index >= 15 is 0 Å². The van der Waals surface area contributed by atoms with Crippen LogP contribution in [0.1, 0.15) is 190 Å². The number of fused-ring (bicyclic) bond motifs is 6. The molecule has 4 aromatic carbocycles. The van der Waals surface area contributed by atoms with Crippen LogP contribution in [0, 0.1) is 11.8 Å². The Bertz CT molecular complexity index is 2190. The molecule has 0 radical (unpaired) electrons. The van der Waals surface area contributed by atoms with Crippen LogP contribution in [0.5, 0.6) is 0 Å². The molecule has 0 fully saturated rings. The largest absolute Gasteiger partial charge is 0.312 e. The molecule has 2 aliphatic carbocycles. The topological polar surface area (TPSA) is 9.86 Å². The lowest BCUT2D eigenvalue weighted by Gasteiger charge is -2.24. The van der Waals surface area contributed by atoms with Crippen molar-refractivity contribution in [1.29, 1.82) is 0 Å². The molecule has 0 bridgehead atoms. The fourth-order valence-electron chi connectivity index (χ4n) is 11.8. The van der Waals surface area contributed by atoms with Crippen molar-refractivity contribution in [3.63, 3.8) is 0 Å². The Kier molecular flexibility index (Phi) is 17.8. The number of para-hydroxylation sites is 2. The van der Waals surface area contributed by atoms with Crippen molar-refractivity contribution in [3.8, 4) is 22.5 Å². The number of benzene rings is 4. The van der Waals surface area contributed by atoms with Gasteiger partial charge in [-0.2, -0.15) is 0 Å². The van der Waals surface area contributed by atoms with Crippen LogP contribution in [0.3, 0.4) is 0 Å². The fourth-order valence-corrected chi connectivity index (χ4v) is 12.9. The summed E-state index contributed by atoms with van der Waals surface area (Å²) >= 11 is 7.99. The van der Waals surface area contributed by atoms with E-state index in [1.54, 1.807) is 11.1 Å². The summed E-state index contributed by atoms with van der Waals surface area (Å²) in [7, 11) is 0. The summed E-state index contributed by atoms with van der Waals surface area (Å²) in [5.41, 5.74) is 14.0. The van der Waals surface area contributed by atoms with Gasteiger partial charge in [0, 0.05) is 42.5 Å². The molecule has 0 spiro atoms. The summed E-state index contributed by atoms with van der Waals surface area (Å²) in [6.07, 6.45) is 38.4. The molecule has 0 amide bonds. The van der Waals surface area contributed by atoms with Crippen molar-refractivity contribution < 1.29 is 0 Å². The third kappa shape index (κ3) is 11.5. The lowest BCUT2D eigenvalue weighted by atomic mass is 9.83. The lowest BCUT2D eigenvalue weighted by Crippen LogP contribution is -2.16. The number of unbranched alkanes of at least 4 members (excludes halogenated alkanes) is 18. The molecule has 2 aromatic heterocycles. The Morgan fingerprint density at radius 3 is 1.12 bits per heavy atom. The van der Waals surface area contributed by atoms with Crippen LogP contribution in [-0.4, -0.2) is 9.13 Å². The number of rotatable bonds is 25. The molecule has 2 aliphatic rings. The second-order valence-corrected chi connectivity index (χ2v) is 21.8. The van der Waals surface area contributed by atoms with Gasteiger partial charge in [-0.05, 0) is 141 Å². The zero-order valence-electron chi connectivity index (χ0n) is 39.7. The van der Waals surface area contributed by atoms with Crippen molar-refractivity contribution in [2.45, 2.75) is 194 Å². The van der Waals surface area contributed by atoms with Gasteiger partial charge >= 0.3 is 0 Å². The van der Waals surface area contributed by atoms with Crippen LogP contribution in [0.15, 0.2) is 93.9 Å². The first-order valence-electron chi connectivity index (χ1n) is 26.4. The molecular formula is C60H78Br2N2. The highest BCUT2D eigenvalue weighted by Gasteiger charge is 2.28. The molecule has 2 unspecified atom stereocenters. The highest BCUT2D eigenvalue weighted by atomic mass is 79.9. The summed E-state index contributed by atoms with van der Waals surface area (Å²) in [6, 6.07) is 32.5. The zero-order valence-corrected chi connectivity index (χ0v) is 42.9. The molecule has 2 heterocycles. The van der Waals surface area contributed by atoms with Crippen molar-refractivity contribution in [3.05, 3.63) is 116 Å². The van der Waals surface area contributed by atoms with Gasteiger partial charge in [-0.1, -0.05) is 204 Å². The summed E-state index contributed by atoms with van der Waals surface area (Å²) in [5.74, 6) is 1.61. The Balaban J connectivity index is 0.909. The normalized spacial score (nSPS) is 16.2. The summed E-state index contributed by atoms with van der Waals surface area (Å²) in [4.78, 5) is 0. The lowest BCUT2D eigenvalue weighted by molar-refractivity contribution is 0.401. The summed E-state index contributed by atoms with van der Waals surface area (Å²) < 4.78 is 7.55. The average molecular weight is 987 g/mol. The second-order valence-electron chi connectivity index (χ2n) is 20.0. The third-order valence-corrected chi connectivity index (χ3v) is 16.7. The van der Waals surface area contributed by atoms with Gasteiger partial charge in [-0.15, -0.1) is 0 Å². The maximum absolute atomic E-state index is 4.00. The van der Waals surface area contributed by atoms with E-state index in [1.165, 1.54) is 232 Å². The van der Waals surface area contributed by atoms with Gasteiger partial charge < -0.3 is 9.13 Å². The van der Waals surface area contributed by atoms with E-state index in [4.69, 9.17) is 0 Å². The molecule has 8 rings (SSSR count). The Labute approximate surface area is 404 Å². The second kappa shape index (κ2) is 24.1. The van der Waals surface area contributed by atoms with Crippen LogP contribution in [-0.2, 0) is 25.7 Å². The van der Waals surface area contributed by atoms with E-state index in [0.29, 0.717) is 0 Å². The van der Waals surface area contributed by atoms with E-state index < -0.39 is 0 Å². The van der Waals surface area contributed by atoms with Gasteiger partial charge in [0.05, 0.1) is 11.0 Å². The van der Waals surface area contributed by atoms with Gasteiger partial charge in [0.1, 0.15) is 0 Å². The fraction of sp³-hybridized carbons (Fsp3) is 0.533. The minimum absolute atomic E-state index is 0.803. The summed E-state index contributed by atoms with van der Waals surface area (Å²) in [6.45, 7) is 4.62. The molecular weight excluding hydrogens is 908 g/mol. The smallest absolute Gasteiger partial charge is 0.0676 e. The average Bonchev–Trinajstić information content (AvgIpc) is 3.84. The van der Waals surface area contributed by atoms with E-state index in [2.05, 4.69) is 140 Å². The standard InChI is InChI=1S/C60H78Br2N2/c1-3-5-7-9-11-13-15-17-19-21-25-45-31-41-57-53(43-45)51-27-23-29-55(61)59(51)63(57)49-37-33-47(34-38-49)48-35-39-50(40-36-48)64-58-42-32-46(26-22-20-18-16-14-12-10-8-6-4-2)44-54(58)52-28-24-30-56(62)60(52)64/h23-24,27-30,33-40,45-46H,3-22,25-26,31-32,41-44H2,1-2H3. The van der Waals surface area contributed by atoms with Crippen molar-refractivity contribution >= 4 is 53.7 Å². The maximum Gasteiger partial charge on any atom is 0.0676 e. The predicted octanol–water partition coefficient (Wildman–Crippen LogP) is 19.6. The van der Waals surface area contributed by atoms with Crippen LogP contribution in [0.4, 0.5) is 0 Å². The van der Waals surface area contributed by atoms with Crippen molar-refractivity contribution in [2.24, 2.45) is 11.8 Å². The number of aromatic nitrogens is 2. The van der Waals surface area contributed by atoms with Gasteiger partial charge in [-0.25, -0.2) is 0 Å². The van der Waals surface area contributed by atoms with Crippen LogP contribution in [0.2, 0.25) is 0 Å². The van der Waals surface area contributed by atoms with Gasteiger partial charge in [0.15, 0.2) is 0 Å². The zero-order chi connectivity index (χ0) is 44.1. The maximum atomic E-state index is 4.00. The van der Waals surface area contributed by atoms with Crippen LogP contribution in [0.25, 0.3) is 44.3 Å². The Morgan fingerprint density at radius 1 is 0.422 bits per heavy atom. The molecule has 0 aliphatic heterocycles. The first-order chi connectivity index (χ1) is 31.6. The van der Waals surface area contributed by atoms with Gasteiger partial charge in [-0.3, -0.25) is 0 Å². The molecule has 2 atom stereocenters. The van der Waals surface area contributed by atoms with Gasteiger partial charge in [0.25, 0.3) is 0 Å². The van der Waals surface area contributed by atoms with Crippen molar-refractivity contribution in [2.75, 3.05) is 0 Å². The SMILES string of the molecule is CCCCCCCCCCCCC1CCc2c(c3cccc(Br)c3n2-c2ccc(-c3ccc(-n4c5c(c6cccc(Br)c64)CC(CCCCCCCCCCCC)CC5)cc3)cc2)C1. The van der Waals surface area contributed by atoms with Gasteiger partial charge in [0.2, 0.25) is 0 Å². The third-order valence-electron chi connectivity index (χ3n) is 15.4. The molecule has 342 valence electrons. The Morgan fingerprint density at radius 2 is 0.766 bits per heavy atom. The first kappa shape index (κ1) is 47.4. The number of hydrogen-bond donors (Lipinski definition) is 0. The number of halogens is 2. The monoisotopic (exact) mass is 984 g/mol. The van der Waals surface area contributed by atoms with E-state index in [-0.39, 0.29) is 0 Å². The van der Waals surface area contributed by atoms with Crippen LogP contribution < -0.4 is 0 Å². The number of hydrogen-bond acceptors (Lipinski definition) is 0.